The number of methoxy groups -OCH3 is 1. The van der Waals surface area contributed by atoms with Crippen LogP contribution in [0.5, 0.6) is 0 Å². The maximum absolute atomic E-state index is 13.9. The van der Waals surface area contributed by atoms with Crippen LogP contribution in [-0.2, 0) is 14.6 Å². The normalized spacial score (nSPS) is 16.3. The Balaban J connectivity index is 1.49. The number of nitrogens with one attached hydrogen (secondary N) is 1. The topological polar surface area (TPSA) is 106 Å². The number of nitrogens with zero attached hydrogens (tertiary/aromatic N) is 4. The van der Waals surface area contributed by atoms with Crippen molar-refractivity contribution >= 4 is 32.5 Å². The fourth-order valence-corrected chi connectivity index (χ4v) is 6.85. The van der Waals surface area contributed by atoms with Crippen molar-refractivity contribution < 1.29 is 13.2 Å². The molecule has 9 nitrogen and oxygen atoms in total. The van der Waals surface area contributed by atoms with Gasteiger partial charge in [-0.15, -0.1) is 0 Å². The fourth-order valence-electron chi connectivity index (χ4n) is 5.65. The number of aromatic nitrogens is 3. The molecule has 222 valence electrons. The molecular formula is C32H39N5O4S. The molecular weight excluding hydrogens is 550 g/mol. The summed E-state index contributed by atoms with van der Waals surface area (Å²) in [6.07, 6.45) is 4.12. The lowest BCUT2D eigenvalue weighted by Gasteiger charge is -2.30. The standard InChI is InChI=1S/C32H39N5O4S/c1-21(2)37-30-25(17-29(31(37)38)28-18-27(13-8-22(28)3)42(39,40)16-15-41-5)19-33-32(35-30)34-26-11-9-23(10-12-26)24-7-6-14-36(4)20-24/h8-13,17-19,21,24H,6-7,14-16,20H2,1-5H3,(H,33,34,35). The van der Waals surface area contributed by atoms with Crippen molar-refractivity contribution in [3.8, 4) is 11.1 Å². The third kappa shape index (κ3) is 6.25. The van der Waals surface area contributed by atoms with E-state index in [-0.39, 0.29) is 28.9 Å². The molecule has 4 aromatic rings. The monoisotopic (exact) mass is 589 g/mol. The van der Waals surface area contributed by atoms with Crippen molar-refractivity contribution in [2.45, 2.75) is 50.5 Å². The van der Waals surface area contributed by atoms with Gasteiger partial charge in [-0.2, -0.15) is 4.98 Å². The molecule has 2 aromatic carbocycles. The van der Waals surface area contributed by atoms with E-state index in [2.05, 4.69) is 34.4 Å². The second kappa shape index (κ2) is 12.3. The molecule has 2 aromatic heterocycles. The smallest absolute Gasteiger partial charge is 0.260 e. The SMILES string of the molecule is COCCS(=O)(=O)c1ccc(C)c(-c2cc3cnc(Nc4ccc(C5CCCN(C)C5)cc4)nc3n(C(C)C)c2=O)c1. The second-order valence-corrected chi connectivity index (χ2v) is 13.5. The number of ether oxygens (including phenoxy) is 1. The maximum atomic E-state index is 13.9. The van der Waals surface area contributed by atoms with Crippen molar-refractivity contribution in [3.63, 3.8) is 0 Å². The molecule has 1 N–H and O–H groups in total. The largest absolute Gasteiger partial charge is 0.384 e. The molecule has 3 heterocycles. The van der Waals surface area contributed by atoms with Gasteiger partial charge in [-0.1, -0.05) is 18.2 Å². The zero-order valence-electron chi connectivity index (χ0n) is 24.9. The summed E-state index contributed by atoms with van der Waals surface area (Å²) in [5.41, 5.74) is 4.26. The predicted octanol–water partition coefficient (Wildman–Crippen LogP) is 5.32. The van der Waals surface area contributed by atoms with Gasteiger partial charge in [0.05, 0.1) is 17.3 Å². The first-order valence-electron chi connectivity index (χ1n) is 14.4. The van der Waals surface area contributed by atoms with Crippen molar-refractivity contribution in [1.82, 2.24) is 19.4 Å². The van der Waals surface area contributed by atoms with E-state index in [9.17, 15) is 13.2 Å². The number of rotatable bonds is 9. The molecule has 1 fully saturated rings. The summed E-state index contributed by atoms with van der Waals surface area (Å²) < 4.78 is 32.4. The molecule has 0 amide bonds. The lowest BCUT2D eigenvalue weighted by molar-refractivity contribution is 0.217. The highest BCUT2D eigenvalue weighted by Crippen LogP contribution is 2.30. The van der Waals surface area contributed by atoms with Crippen LogP contribution in [0.25, 0.3) is 22.2 Å². The van der Waals surface area contributed by atoms with Crippen LogP contribution in [-0.4, -0.2) is 67.5 Å². The summed E-state index contributed by atoms with van der Waals surface area (Å²) in [4.78, 5) is 25.7. The average molecular weight is 590 g/mol. The second-order valence-electron chi connectivity index (χ2n) is 11.4. The number of hydrogen-bond donors (Lipinski definition) is 1. The van der Waals surface area contributed by atoms with Crippen LogP contribution in [0.2, 0.25) is 0 Å². The lowest BCUT2D eigenvalue weighted by atomic mass is 9.91. The average Bonchev–Trinajstić information content (AvgIpc) is 2.96. The minimum atomic E-state index is -3.57. The maximum Gasteiger partial charge on any atom is 0.260 e. The number of likely N-dealkylation sites (tertiary alicyclic amines) is 1. The van der Waals surface area contributed by atoms with Crippen LogP contribution in [0.15, 0.2) is 64.4 Å². The summed E-state index contributed by atoms with van der Waals surface area (Å²) in [6.45, 7) is 8.05. The number of anilines is 2. The van der Waals surface area contributed by atoms with Gasteiger partial charge in [0.25, 0.3) is 5.56 Å². The summed E-state index contributed by atoms with van der Waals surface area (Å²) in [7, 11) is 0.0726. The molecule has 0 radical (unpaired) electrons. The Kier molecular flexibility index (Phi) is 8.77. The predicted molar refractivity (Wildman–Crippen MR) is 167 cm³/mol. The number of hydrogen-bond acceptors (Lipinski definition) is 8. The summed E-state index contributed by atoms with van der Waals surface area (Å²) >= 11 is 0. The van der Waals surface area contributed by atoms with Gasteiger partial charge < -0.3 is 15.0 Å². The Hall–Kier alpha value is -3.60. The first-order chi connectivity index (χ1) is 20.1. The van der Waals surface area contributed by atoms with Crippen molar-refractivity contribution in [1.29, 1.82) is 0 Å². The Morgan fingerprint density at radius 2 is 1.86 bits per heavy atom. The van der Waals surface area contributed by atoms with E-state index in [4.69, 9.17) is 9.72 Å². The lowest BCUT2D eigenvalue weighted by Crippen LogP contribution is -2.30. The summed E-state index contributed by atoms with van der Waals surface area (Å²) in [5.74, 6) is 0.806. The molecule has 1 aliphatic heterocycles. The summed E-state index contributed by atoms with van der Waals surface area (Å²) in [6, 6.07) is 14.9. The van der Waals surface area contributed by atoms with Gasteiger partial charge in [0, 0.05) is 42.5 Å². The van der Waals surface area contributed by atoms with Crippen molar-refractivity contribution in [3.05, 3.63) is 76.2 Å². The third-order valence-electron chi connectivity index (χ3n) is 7.97. The van der Waals surface area contributed by atoms with Gasteiger partial charge in [-0.25, -0.2) is 13.4 Å². The van der Waals surface area contributed by atoms with E-state index < -0.39 is 9.84 Å². The minimum Gasteiger partial charge on any atom is -0.384 e. The van der Waals surface area contributed by atoms with E-state index in [1.54, 1.807) is 35.0 Å². The Morgan fingerprint density at radius 1 is 1.10 bits per heavy atom. The molecule has 0 spiro atoms. The van der Waals surface area contributed by atoms with Gasteiger partial charge >= 0.3 is 0 Å². The molecule has 0 aliphatic carbocycles. The number of benzene rings is 2. The van der Waals surface area contributed by atoms with Gasteiger partial charge in [0.15, 0.2) is 9.84 Å². The Morgan fingerprint density at radius 3 is 2.55 bits per heavy atom. The molecule has 1 saturated heterocycles. The highest BCUT2D eigenvalue weighted by molar-refractivity contribution is 7.91. The molecule has 0 bridgehead atoms. The van der Waals surface area contributed by atoms with Gasteiger partial charge in [-0.3, -0.25) is 9.36 Å². The minimum absolute atomic E-state index is 0.0949. The van der Waals surface area contributed by atoms with Crippen LogP contribution in [0.1, 0.15) is 49.8 Å². The summed E-state index contributed by atoms with van der Waals surface area (Å²) in [5, 5.41) is 3.98. The highest BCUT2D eigenvalue weighted by Gasteiger charge is 2.21. The van der Waals surface area contributed by atoms with Gasteiger partial charge in [0.1, 0.15) is 5.65 Å². The first-order valence-corrected chi connectivity index (χ1v) is 16.0. The third-order valence-corrected chi connectivity index (χ3v) is 9.64. The number of sulfone groups is 1. The van der Waals surface area contributed by atoms with Crippen LogP contribution in [0.3, 0.4) is 0 Å². The zero-order valence-corrected chi connectivity index (χ0v) is 25.7. The van der Waals surface area contributed by atoms with Crippen LogP contribution in [0, 0.1) is 6.92 Å². The fraction of sp³-hybridized carbons (Fsp3) is 0.406. The first kappa shape index (κ1) is 29.9. The Labute approximate surface area is 247 Å². The molecule has 0 saturated carbocycles. The molecule has 5 rings (SSSR count). The molecule has 1 unspecified atom stereocenters. The van der Waals surface area contributed by atoms with Gasteiger partial charge in [-0.05, 0) is 100 Å². The van der Waals surface area contributed by atoms with E-state index in [1.165, 1.54) is 25.5 Å². The zero-order chi connectivity index (χ0) is 30.0. The van der Waals surface area contributed by atoms with Crippen molar-refractivity contribution in [2.24, 2.45) is 0 Å². The van der Waals surface area contributed by atoms with Crippen LogP contribution >= 0.6 is 0 Å². The number of likely N-dealkylation sites (N-methyl/N-ethyl adjacent to an activating group) is 1. The quantitative estimate of drug-likeness (QED) is 0.280. The van der Waals surface area contributed by atoms with Crippen LogP contribution in [0.4, 0.5) is 11.6 Å². The number of pyridine rings is 1. The highest BCUT2D eigenvalue weighted by atomic mass is 32.2. The molecule has 42 heavy (non-hydrogen) atoms. The van der Waals surface area contributed by atoms with Gasteiger partial charge in [0.2, 0.25) is 5.95 Å². The Bertz CT molecular complexity index is 1750. The number of fused-ring (bicyclic) bond motifs is 1. The molecule has 10 heteroatoms. The number of piperidine rings is 1. The van der Waals surface area contributed by atoms with E-state index in [1.807, 2.05) is 32.9 Å². The molecule has 1 aliphatic rings. The van der Waals surface area contributed by atoms with E-state index in [0.29, 0.717) is 34.0 Å². The van der Waals surface area contributed by atoms with E-state index in [0.717, 1.165) is 24.3 Å². The molecule has 1 atom stereocenters. The number of aryl methyl sites for hydroxylation is 1. The van der Waals surface area contributed by atoms with E-state index >= 15 is 0 Å². The van der Waals surface area contributed by atoms with Crippen LogP contribution < -0.4 is 10.9 Å². The van der Waals surface area contributed by atoms with Crippen molar-refractivity contribution in [2.75, 3.05) is 44.9 Å².